The zero-order valence-electron chi connectivity index (χ0n) is 10.0. The molecule has 1 rings (SSSR count). The maximum absolute atomic E-state index is 6.10. The van der Waals surface area contributed by atoms with Crippen molar-refractivity contribution in [3.8, 4) is 0 Å². The van der Waals surface area contributed by atoms with Gasteiger partial charge in [-0.3, -0.25) is 0 Å². The maximum Gasteiger partial charge on any atom is 0.149 e. The summed E-state index contributed by atoms with van der Waals surface area (Å²) in [5, 5.41) is 8.27. The molecule has 1 unspecified atom stereocenters. The molecular weight excluding hydrogens is 188 g/mol. The molecule has 0 fully saturated rings. The molecule has 0 aliphatic rings. The molecule has 0 amide bonds. The first-order valence-corrected chi connectivity index (χ1v) is 5.86. The minimum atomic E-state index is 0.0395. The second-order valence-corrected chi connectivity index (χ2v) is 4.01. The number of hydrogen-bond donors (Lipinski definition) is 1. The van der Waals surface area contributed by atoms with Gasteiger partial charge in [0.15, 0.2) is 0 Å². The van der Waals surface area contributed by atoms with E-state index in [1.165, 1.54) is 6.42 Å². The average molecular weight is 210 g/mol. The lowest BCUT2D eigenvalue weighted by Gasteiger charge is -2.12. The van der Waals surface area contributed by atoms with Crippen molar-refractivity contribution in [3.05, 3.63) is 11.6 Å². The Morgan fingerprint density at radius 1 is 1.27 bits per heavy atom. The monoisotopic (exact) mass is 210 g/mol. The van der Waals surface area contributed by atoms with Crippen LogP contribution in [0.4, 0.5) is 0 Å². The highest BCUT2D eigenvalue weighted by atomic mass is 15.3. The molecule has 15 heavy (non-hydrogen) atoms. The van der Waals surface area contributed by atoms with E-state index in [0.717, 1.165) is 37.5 Å². The van der Waals surface area contributed by atoms with Crippen LogP contribution in [0.1, 0.15) is 57.2 Å². The van der Waals surface area contributed by atoms with Gasteiger partial charge in [-0.1, -0.05) is 26.7 Å². The normalized spacial score (nSPS) is 13.1. The molecule has 0 aromatic carbocycles. The van der Waals surface area contributed by atoms with Crippen molar-refractivity contribution in [2.24, 2.45) is 5.73 Å². The van der Waals surface area contributed by atoms with Crippen molar-refractivity contribution >= 4 is 0 Å². The Kier molecular flexibility index (Phi) is 4.75. The van der Waals surface area contributed by atoms with Crippen LogP contribution in [0, 0.1) is 6.92 Å². The Labute approximate surface area is 91.9 Å². The van der Waals surface area contributed by atoms with Gasteiger partial charge in [0, 0.05) is 6.54 Å². The van der Waals surface area contributed by atoms with Crippen molar-refractivity contribution in [1.82, 2.24) is 14.8 Å². The molecule has 86 valence electrons. The van der Waals surface area contributed by atoms with Gasteiger partial charge in [0.1, 0.15) is 11.6 Å². The molecule has 1 aromatic rings. The molecule has 0 saturated carbocycles. The lowest BCUT2D eigenvalue weighted by Crippen LogP contribution is -2.17. The van der Waals surface area contributed by atoms with Crippen LogP contribution >= 0.6 is 0 Å². The van der Waals surface area contributed by atoms with Crippen molar-refractivity contribution in [1.29, 1.82) is 0 Å². The number of hydrogen-bond acceptors (Lipinski definition) is 3. The molecule has 1 atom stereocenters. The quantitative estimate of drug-likeness (QED) is 0.783. The Bertz CT molecular complexity index is 293. The molecule has 0 radical (unpaired) electrons. The third-order valence-corrected chi connectivity index (χ3v) is 2.61. The van der Waals surface area contributed by atoms with Crippen LogP contribution < -0.4 is 5.73 Å². The summed E-state index contributed by atoms with van der Waals surface area (Å²) in [7, 11) is 0. The predicted molar refractivity (Wildman–Crippen MR) is 61.5 cm³/mol. The third-order valence-electron chi connectivity index (χ3n) is 2.61. The fourth-order valence-electron chi connectivity index (χ4n) is 1.72. The van der Waals surface area contributed by atoms with Gasteiger partial charge in [-0.2, -0.15) is 0 Å². The van der Waals surface area contributed by atoms with Gasteiger partial charge < -0.3 is 10.3 Å². The molecule has 0 aliphatic carbocycles. The molecule has 0 spiro atoms. The van der Waals surface area contributed by atoms with E-state index < -0.39 is 0 Å². The SMILES string of the molecule is CCCCC(N)c1nnc(C)n1CCC. The first kappa shape index (κ1) is 12.2. The summed E-state index contributed by atoms with van der Waals surface area (Å²) in [4.78, 5) is 0. The van der Waals surface area contributed by atoms with Gasteiger partial charge in [0.25, 0.3) is 0 Å². The van der Waals surface area contributed by atoms with Gasteiger partial charge in [0.2, 0.25) is 0 Å². The second-order valence-electron chi connectivity index (χ2n) is 4.01. The number of rotatable bonds is 6. The average Bonchev–Trinajstić information content (AvgIpc) is 2.58. The zero-order chi connectivity index (χ0) is 11.3. The minimum Gasteiger partial charge on any atom is -0.321 e. The number of nitrogens with two attached hydrogens (primary N) is 1. The van der Waals surface area contributed by atoms with Crippen LogP contribution in [-0.4, -0.2) is 14.8 Å². The summed E-state index contributed by atoms with van der Waals surface area (Å²) < 4.78 is 2.14. The van der Waals surface area contributed by atoms with Crippen LogP contribution in [0.15, 0.2) is 0 Å². The standard InChI is InChI=1S/C11H22N4/c1-4-6-7-10(12)11-14-13-9(3)15(11)8-5-2/h10H,4-8,12H2,1-3H3. The fourth-order valence-corrected chi connectivity index (χ4v) is 1.72. The number of aryl methyl sites for hydroxylation is 1. The largest absolute Gasteiger partial charge is 0.321 e. The van der Waals surface area contributed by atoms with Gasteiger partial charge in [0.05, 0.1) is 6.04 Å². The Balaban J connectivity index is 2.74. The summed E-state index contributed by atoms with van der Waals surface area (Å²) in [5.74, 6) is 1.92. The minimum absolute atomic E-state index is 0.0395. The number of aromatic nitrogens is 3. The number of unbranched alkanes of at least 4 members (excludes halogenated alkanes) is 1. The highest BCUT2D eigenvalue weighted by Gasteiger charge is 2.14. The first-order valence-electron chi connectivity index (χ1n) is 5.86. The fraction of sp³-hybridized carbons (Fsp3) is 0.818. The molecule has 1 aromatic heterocycles. The first-order chi connectivity index (χ1) is 7.20. The van der Waals surface area contributed by atoms with E-state index in [1.807, 2.05) is 6.92 Å². The van der Waals surface area contributed by atoms with E-state index in [-0.39, 0.29) is 6.04 Å². The van der Waals surface area contributed by atoms with Gasteiger partial charge in [-0.15, -0.1) is 10.2 Å². The molecule has 0 aliphatic heterocycles. The lowest BCUT2D eigenvalue weighted by molar-refractivity contribution is 0.525. The van der Waals surface area contributed by atoms with E-state index in [0.29, 0.717) is 0 Å². The molecule has 0 saturated heterocycles. The Morgan fingerprint density at radius 3 is 2.60 bits per heavy atom. The Hall–Kier alpha value is -0.900. The van der Waals surface area contributed by atoms with Gasteiger partial charge in [-0.25, -0.2) is 0 Å². The van der Waals surface area contributed by atoms with Crippen LogP contribution in [0.5, 0.6) is 0 Å². The van der Waals surface area contributed by atoms with Crippen molar-refractivity contribution in [2.75, 3.05) is 0 Å². The predicted octanol–water partition coefficient (Wildman–Crippen LogP) is 2.19. The summed E-state index contributed by atoms with van der Waals surface area (Å²) in [5.41, 5.74) is 6.10. The van der Waals surface area contributed by atoms with E-state index >= 15 is 0 Å². The molecule has 4 heteroatoms. The highest BCUT2D eigenvalue weighted by Crippen LogP contribution is 2.16. The van der Waals surface area contributed by atoms with E-state index in [1.54, 1.807) is 0 Å². The summed E-state index contributed by atoms with van der Waals surface area (Å²) in [6.07, 6.45) is 4.42. The van der Waals surface area contributed by atoms with E-state index in [2.05, 4.69) is 28.6 Å². The van der Waals surface area contributed by atoms with Crippen molar-refractivity contribution in [3.63, 3.8) is 0 Å². The molecular formula is C11H22N4. The van der Waals surface area contributed by atoms with Crippen LogP contribution in [0.25, 0.3) is 0 Å². The zero-order valence-corrected chi connectivity index (χ0v) is 10.0. The van der Waals surface area contributed by atoms with Crippen molar-refractivity contribution < 1.29 is 0 Å². The lowest BCUT2D eigenvalue weighted by atomic mass is 10.1. The molecule has 4 nitrogen and oxygen atoms in total. The number of nitrogens with zero attached hydrogens (tertiary/aromatic N) is 3. The van der Waals surface area contributed by atoms with E-state index in [9.17, 15) is 0 Å². The molecule has 0 bridgehead atoms. The topological polar surface area (TPSA) is 56.7 Å². The summed E-state index contributed by atoms with van der Waals surface area (Å²) in [6, 6.07) is 0.0395. The maximum atomic E-state index is 6.10. The van der Waals surface area contributed by atoms with Crippen LogP contribution in [0.3, 0.4) is 0 Å². The van der Waals surface area contributed by atoms with Gasteiger partial charge >= 0.3 is 0 Å². The van der Waals surface area contributed by atoms with E-state index in [4.69, 9.17) is 5.73 Å². The van der Waals surface area contributed by atoms with Crippen molar-refractivity contribution in [2.45, 2.75) is 59.0 Å². The van der Waals surface area contributed by atoms with Crippen LogP contribution in [0.2, 0.25) is 0 Å². The Morgan fingerprint density at radius 2 is 2.00 bits per heavy atom. The summed E-state index contributed by atoms with van der Waals surface area (Å²) in [6.45, 7) is 7.28. The third kappa shape index (κ3) is 3.02. The molecule has 1 heterocycles. The second kappa shape index (κ2) is 5.85. The summed E-state index contributed by atoms with van der Waals surface area (Å²) >= 11 is 0. The highest BCUT2D eigenvalue weighted by molar-refractivity contribution is 4.99. The van der Waals surface area contributed by atoms with Crippen LogP contribution in [-0.2, 0) is 6.54 Å². The smallest absolute Gasteiger partial charge is 0.149 e. The van der Waals surface area contributed by atoms with Gasteiger partial charge in [-0.05, 0) is 19.8 Å². The molecule has 2 N–H and O–H groups in total.